The predicted octanol–water partition coefficient (Wildman–Crippen LogP) is 3.37. The minimum Gasteiger partial charge on any atom is -0.356 e. The maximum absolute atomic E-state index is 13.3. The first kappa shape index (κ1) is 22.6. The Morgan fingerprint density at radius 1 is 1.21 bits per heavy atom. The highest BCUT2D eigenvalue weighted by Gasteiger charge is 2.14. The molecule has 154 valence electrons. The lowest BCUT2D eigenvalue weighted by Gasteiger charge is -2.12. The van der Waals surface area contributed by atoms with Crippen molar-refractivity contribution in [1.29, 1.82) is 0 Å². The van der Waals surface area contributed by atoms with Crippen molar-refractivity contribution < 1.29 is 4.39 Å². The van der Waals surface area contributed by atoms with Gasteiger partial charge in [0.1, 0.15) is 17.5 Å². The summed E-state index contributed by atoms with van der Waals surface area (Å²) in [5.74, 6) is 2.81. The molecule has 1 aliphatic heterocycles. The Morgan fingerprint density at radius 2 is 2.07 bits per heavy atom. The number of guanidine groups is 1. The molecule has 0 spiro atoms. The smallest absolute Gasteiger partial charge is 0.191 e. The van der Waals surface area contributed by atoms with E-state index < -0.39 is 0 Å². The number of nitrogens with zero attached hydrogens (tertiary/aromatic N) is 4. The number of hydrogen-bond donors (Lipinski definition) is 2. The molecule has 0 fully saturated rings. The van der Waals surface area contributed by atoms with Gasteiger partial charge in [0.15, 0.2) is 5.96 Å². The molecule has 2 aromatic rings. The second kappa shape index (κ2) is 11.3. The molecule has 0 aliphatic carbocycles. The lowest BCUT2D eigenvalue weighted by Crippen LogP contribution is -2.37. The zero-order valence-corrected chi connectivity index (χ0v) is 19.0. The van der Waals surface area contributed by atoms with E-state index in [1.165, 1.54) is 25.3 Å². The summed E-state index contributed by atoms with van der Waals surface area (Å²) in [4.78, 5) is 4.25. The fourth-order valence-electron chi connectivity index (χ4n) is 3.41. The quantitative estimate of drug-likeness (QED) is 0.276. The van der Waals surface area contributed by atoms with Crippen LogP contribution < -0.4 is 10.6 Å². The Morgan fingerprint density at radius 3 is 2.86 bits per heavy atom. The minimum atomic E-state index is -0.173. The van der Waals surface area contributed by atoms with Crippen molar-refractivity contribution in [3.05, 3.63) is 46.8 Å². The van der Waals surface area contributed by atoms with Gasteiger partial charge in [0.25, 0.3) is 0 Å². The molecule has 3 rings (SSSR count). The fraction of sp³-hybridized carbons (Fsp3) is 0.550. The van der Waals surface area contributed by atoms with Gasteiger partial charge in [-0.1, -0.05) is 18.6 Å². The lowest BCUT2D eigenvalue weighted by atomic mass is 10.1. The van der Waals surface area contributed by atoms with Crippen LogP contribution in [-0.2, 0) is 25.9 Å². The molecule has 1 aromatic heterocycles. The first-order chi connectivity index (χ1) is 13.2. The Bertz CT molecular complexity index is 789. The summed E-state index contributed by atoms with van der Waals surface area (Å²) < 4.78 is 15.6. The number of rotatable bonds is 6. The number of aromatic nitrogens is 3. The summed E-state index contributed by atoms with van der Waals surface area (Å²) in [7, 11) is 1.75. The molecule has 0 atom stereocenters. The summed E-state index contributed by atoms with van der Waals surface area (Å²) in [6.45, 7) is 4.24. The van der Waals surface area contributed by atoms with Crippen molar-refractivity contribution in [3.63, 3.8) is 0 Å². The molecule has 0 unspecified atom stereocenters. The zero-order chi connectivity index (χ0) is 19.1. The largest absolute Gasteiger partial charge is 0.356 e. The van der Waals surface area contributed by atoms with Gasteiger partial charge >= 0.3 is 0 Å². The summed E-state index contributed by atoms with van der Waals surface area (Å²) in [5.41, 5.74) is 1.69. The highest BCUT2D eigenvalue weighted by molar-refractivity contribution is 14.0. The number of aliphatic imine (C=N–C) groups is 1. The average molecular weight is 500 g/mol. The summed E-state index contributed by atoms with van der Waals surface area (Å²) in [5, 5.41) is 15.3. The Balaban J connectivity index is 0.00000280. The van der Waals surface area contributed by atoms with Crippen molar-refractivity contribution in [3.8, 4) is 0 Å². The number of nitrogens with one attached hydrogen (secondary N) is 2. The zero-order valence-electron chi connectivity index (χ0n) is 16.7. The minimum absolute atomic E-state index is 0. The van der Waals surface area contributed by atoms with E-state index in [4.69, 9.17) is 0 Å². The number of benzene rings is 1. The second-order valence-corrected chi connectivity index (χ2v) is 7.03. The maximum Gasteiger partial charge on any atom is 0.191 e. The molecule has 2 N–H and O–H groups in total. The van der Waals surface area contributed by atoms with Crippen molar-refractivity contribution >= 4 is 29.9 Å². The number of aryl methyl sites for hydroxylation is 3. The van der Waals surface area contributed by atoms with Gasteiger partial charge in [-0.05, 0) is 43.4 Å². The average Bonchev–Trinajstić information content (AvgIpc) is 2.90. The van der Waals surface area contributed by atoms with Crippen LogP contribution in [-0.4, -0.2) is 34.3 Å². The fourth-order valence-corrected chi connectivity index (χ4v) is 3.41. The van der Waals surface area contributed by atoms with E-state index in [1.54, 1.807) is 20.0 Å². The van der Waals surface area contributed by atoms with Gasteiger partial charge in [-0.3, -0.25) is 4.99 Å². The number of halogens is 2. The Labute approximate surface area is 183 Å². The molecule has 0 radical (unpaired) electrons. The van der Waals surface area contributed by atoms with Crippen LogP contribution in [0.15, 0.2) is 23.2 Å². The Hall–Kier alpha value is -1.71. The molecule has 0 saturated carbocycles. The first-order valence-corrected chi connectivity index (χ1v) is 9.78. The SMILES string of the molecule is CN=C(NCCCc1nnc2n1CCCCC2)NCc1ccc(F)c(C)c1.I. The highest BCUT2D eigenvalue weighted by atomic mass is 127. The molecule has 0 bridgehead atoms. The third kappa shape index (κ3) is 6.15. The van der Waals surface area contributed by atoms with E-state index in [9.17, 15) is 4.39 Å². The molecule has 6 nitrogen and oxygen atoms in total. The van der Waals surface area contributed by atoms with Crippen LogP contribution in [0.4, 0.5) is 4.39 Å². The van der Waals surface area contributed by atoms with Crippen molar-refractivity contribution in [2.24, 2.45) is 4.99 Å². The molecular weight excluding hydrogens is 470 g/mol. The lowest BCUT2D eigenvalue weighted by molar-refractivity contribution is 0.594. The van der Waals surface area contributed by atoms with Gasteiger partial charge in [0.05, 0.1) is 0 Å². The molecule has 2 heterocycles. The van der Waals surface area contributed by atoms with E-state index in [0.29, 0.717) is 12.1 Å². The monoisotopic (exact) mass is 500 g/mol. The van der Waals surface area contributed by atoms with E-state index in [1.807, 2.05) is 6.07 Å². The van der Waals surface area contributed by atoms with E-state index in [-0.39, 0.29) is 29.8 Å². The van der Waals surface area contributed by atoms with Gasteiger partial charge in [-0.2, -0.15) is 0 Å². The number of hydrogen-bond acceptors (Lipinski definition) is 3. The Kier molecular flexibility index (Phi) is 9.14. The van der Waals surface area contributed by atoms with E-state index >= 15 is 0 Å². The maximum atomic E-state index is 13.3. The second-order valence-electron chi connectivity index (χ2n) is 7.03. The third-order valence-electron chi connectivity index (χ3n) is 4.96. The van der Waals surface area contributed by atoms with Crippen LogP contribution in [0.2, 0.25) is 0 Å². The van der Waals surface area contributed by atoms with Gasteiger partial charge in [0.2, 0.25) is 0 Å². The standard InChI is InChI=1S/C20H29FN6.HI/c1-15-13-16(9-10-17(15)21)14-24-20(22-2)23-11-6-8-19-26-25-18-7-4-3-5-12-27(18)19;/h9-10,13H,3-8,11-12,14H2,1-2H3,(H2,22,23,24);1H. The normalized spacial score (nSPS) is 14.0. The van der Waals surface area contributed by atoms with Gasteiger partial charge < -0.3 is 15.2 Å². The van der Waals surface area contributed by atoms with Crippen molar-refractivity contribution in [2.45, 2.75) is 58.5 Å². The molecule has 1 aromatic carbocycles. The van der Waals surface area contributed by atoms with Gasteiger partial charge in [-0.15, -0.1) is 34.2 Å². The summed E-state index contributed by atoms with van der Waals surface area (Å²) >= 11 is 0. The molecule has 1 aliphatic rings. The van der Waals surface area contributed by atoms with Crippen LogP contribution in [0.25, 0.3) is 0 Å². The molecule has 0 saturated heterocycles. The van der Waals surface area contributed by atoms with E-state index in [2.05, 4.69) is 30.4 Å². The highest BCUT2D eigenvalue weighted by Crippen LogP contribution is 2.15. The van der Waals surface area contributed by atoms with Gasteiger partial charge in [-0.25, -0.2) is 4.39 Å². The van der Waals surface area contributed by atoms with Crippen LogP contribution >= 0.6 is 24.0 Å². The van der Waals surface area contributed by atoms with Crippen molar-refractivity contribution in [2.75, 3.05) is 13.6 Å². The molecule has 8 heteroatoms. The summed E-state index contributed by atoms with van der Waals surface area (Å²) in [6, 6.07) is 5.15. The van der Waals surface area contributed by atoms with Crippen molar-refractivity contribution in [1.82, 2.24) is 25.4 Å². The molecule has 0 amide bonds. The number of fused-ring (bicyclic) bond motifs is 1. The topological polar surface area (TPSA) is 67.1 Å². The van der Waals surface area contributed by atoms with Crippen LogP contribution in [0, 0.1) is 12.7 Å². The van der Waals surface area contributed by atoms with E-state index in [0.717, 1.165) is 55.5 Å². The molecular formula is C20H30FIN6. The van der Waals surface area contributed by atoms with Gasteiger partial charge in [0, 0.05) is 39.5 Å². The van der Waals surface area contributed by atoms with Crippen LogP contribution in [0.5, 0.6) is 0 Å². The summed E-state index contributed by atoms with van der Waals surface area (Å²) in [6.07, 6.45) is 6.64. The first-order valence-electron chi connectivity index (χ1n) is 9.78. The predicted molar refractivity (Wildman–Crippen MR) is 121 cm³/mol. The third-order valence-corrected chi connectivity index (χ3v) is 4.96. The molecule has 28 heavy (non-hydrogen) atoms. The van der Waals surface area contributed by atoms with Crippen LogP contribution in [0.3, 0.4) is 0 Å². The van der Waals surface area contributed by atoms with Crippen LogP contribution in [0.1, 0.15) is 48.5 Å².